The number of aliphatic hydroxyl groups excluding tert-OH is 29. The van der Waals surface area contributed by atoms with Gasteiger partial charge in [-0.2, -0.15) is 0 Å². The summed E-state index contributed by atoms with van der Waals surface area (Å²) in [5, 5.41) is 316. The Morgan fingerprint density at radius 3 is 0.480 bits per heavy atom. The molecule has 0 aliphatic carbocycles. The summed E-state index contributed by atoms with van der Waals surface area (Å²) >= 11 is 0. The summed E-state index contributed by atoms with van der Waals surface area (Å²) in [7, 11) is 0. The molecule has 46 nitrogen and oxygen atoms in total. The molecule has 0 aromatic heterocycles. The lowest BCUT2D eigenvalue weighted by atomic mass is 9.95. The van der Waals surface area contributed by atoms with Gasteiger partial charge in [-0.1, -0.05) is 0 Å². The van der Waals surface area contributed by atoms with Crippen molar-refractivity contribution in [1.29, 1.82) is 0 Å². The summed E-state index contributed by atoms with van der Waals surface area (Å²) in [5.74, 6) is 0. The van der Waals surface area contributed by atoms with Crippen LogP contribution in [0.4, 0.5) is 0 Å². The molecule has 9 aliphatic heterocycles. The molecule has 45 atom stereocenters. The highest BCUT2D eigenvalue weighted by atomic mass is 16.8. The largest absolute Gasteiger partial charge is 0.394 e. The van der Waals surface area contributed by atoms with E-state index in [0.717, 1.165) is 0 Å². The molecule has 0 spiro atoms. The van der Waals surface area contributed by atoms with Gasteiger partial charge in [-0.3, -0.25) is 0 Å². The monoisotopic (exact) mass is 1480 g/mol. The molecule has 0 aromatic carbocycles. The molecule has 0 radical (unpaired) electrons. The van der Waals surface area contributed by atoms with E-state index in [4.69, 9.17) is 80.5 Å². The maximum atomic E-state index is 11.9. The fourth-order valence-corrected chi connectivity index (χ4v) is 12.8. The average molecular weight is 1480 g/mol. The Kier molecular flexibility index (Phi) is 29.2. The molecule has 0 aromatic rings. The molecular weight excluding hydrogens is 1380 g/mol. The average Bonchev–Trinajstić information content (AvgIpc) is 0.768. The van der Waals surface area contributed by atoms with E-state index >= 15 is 0 Å². The minimum absolute atomic E-state index is 0.927. The third-order valence-corrected chi connectivity index (χ3v) is 18.8. The van der Waals surface area contributed by atoms with Crippen LogP contribution in [0.25, 0.3) is 0 Å². The van der Waals surface area contributed by atoms with Gasteiger partial charge in [-0.25, -0.2) is 0 Å². The Morgan fingerprint density at radius 2 is 0.290 bits per heavy atom. The minimum Gasteiger partial charge on any atom is -0.394 e. The van der Waals surface area contributed by atoms with Crippen molar-refractivity contribution < 1.29 is 229 Å². The van der Waals surface area contributed by atoms with Crippen LogP contribution in [0.2, 0.25) is 0 Å². The molecule has 100 heavy (non-hydrogen) atoms. The number of hydrogen-bond donors (Lipinski definition) is 29. The first-order valence-electron chi connectivity index (χ1n) is 31.7. The molecule has 0 bridgehead atoms. The van der Waals surface area contributed by atoms with E-state index in [2.05, 4.69) is 0 Å². The van der Waals surface area contributed by atoms with Crippen LogP contribution in [0.5, 0.6) is 0 Å². The minimum atomic E-state index is -2.47. The first kappa shape index (κ1) is 82.2. The number of ether oxygens (including phenoxy) is 17. The molecule has 1 unspecified atom stereocenters. The van der Waals surface area contributed by atoms with E-state index in [9.17, 15) is 148 Å². The molecule has 584 valence electrons. The maximum absolute atomic E-state index is 11.9. The topological polar surface area (TPSA) is 744 Å². The van der Waals surface area contributed by atoms with Crippen molar-refractivity contribution in [2.75, 3.05) is 59.5 Å². The first-order chi connectivity index (χ1) is 47.5. The molecule has 9 saturated heterocycles. The summed E-state index contributed by atoms with van der Waals surface area (Å²) in [5.41, 5.74) is 0. The van der Waals surface area contributed by atoms with Crippen LogP contribution in [-0.2, 0) is 80.5 Å². The van der Waals surface area contributed by atoms with Gasteiger partial charge in [0.15, 0.2) is 56.6 Å². The van der Waals surface area contributed by atoms with Gasteiger partial charge >= 0.3 is 0 Å². The highest BCUT2D eigenvalue weighted by Gasteiger charge is 2.61. The normalized spacial score (nSPS) is 53.7. The second-order valence-corrected chi connectivity index (χ2v) is 25.2. The van der Waals surface area contributed by atoms with Gasteiger partial charge in [0.1, 0.15) is 220 Å². The molecule has 0 saturated carbocycles. The van der Waals surface area contributed by atoms with Crippen LogP contribution in [0.15, 0.2) is 0 Å². The van der Waals surface area contributed by atoms with Crippen LogP contribution in [0, 0.1) is 0 Å². The first-order valence-corrected chi connectivity index (χ1v) is 31.7. The zero-order chi connectivity index (χ0) is 73.4. The van der Waals surface area contributed by atoms with E-state index in [1.807, 2.05) is 0 Å². The summed E-state index contributed by atoms with van der Waals surface area (Å²) < 4.78 is 98.7. The number of aliphatic hydroxyl groups is 29. The van der Waals surface area contributed by atoms with E-state index in [1.165, 1.54) is 0 Å². The SMILES string of the molecule is OC[C@H]1O[C@H](O[C@@H]2[C@@H](O[C@@H]3[C@@H](O[C@@H]4[C@@H](O[C@@H]5[C@@H](O[C@@H]6[C@@H](O[C@@H]7[C@@H](O[C@@H]8[C@@H](O[C@@H]9C(O)O[C@H](CO)[C@@H](O)[C@@H]9O)O[C@H](CO)[C@@H](O)[C@@H]8O)O[C@H](CO)[C@@H](O)[C@@H]7O)O[C@H](CO)[C@@H](O)[C@@H]6O)O[C@H](CO)[C@@H](O)[C@@H]5O)O[C@H](CO)[C@@H](O)[C@@H]4O)O[C@H](CO)[C@@H](O)[C@@H]3O)O[C@H](CO)[C@@H](O)[C@@H]2O)[C@@H](O)[C@@H](O)[C@@H]1O. The molecular formula is C54H92O46. The van der Waals surface area contributed by atoms with Crippen molar-refractivity contribution in [3.8, 4) is 0 Å². The van der Waals surface area contributed by atoms with Gasteiger partial charge in [-0.15, -0.1) is 0 Å². The molecule has 9 aliphatic rings. The third-order valence-electron chi connectivity index (χ3n) is 18.8. The summed E-state index contributed by atoms with van der Waals surface area (Å²) in [6.45, 7) is -9.92. The van der Waals surface area contributed by atoms with Crippen LogP contribution in [0.1, 0.15) is 0 Å². The molecule has 9 heterocycles. The lowest BCUT2D eigenvalue weighted by Crippen LogP contribution is -2.69. The van der Waals surface area contributed by atoms with Crippen LogP contribution < -0.4 is 0 Å². The molecule has 9 fully saturated rings. The van der Waals surface area contributed by atoms with E-state index < -0.39 is 336 Å². The zero-order valence-corrected chi connectivity index (χ0v) is 52.3. The molecule has 29 N–H and O–H groups in total. The second kappa shape index (κ2) is 35.5. The zero-order valence-electron chi connectivity index (χ0n) is 52.3. The van der Waals surface area contributed by atoms with Gasteiger partial charge in [-0.05, 0) is 0 Å². The Labute approximate surface area is 563 Å². The predicted molar refractivity (Wildman–Crippen MR) is 297 cm³/mol. The Balaban J connectivity index is 1.02. The molecule has 9 rings (SSSR count). The van der Waals surface area contributed by atoms with Gasteiger partial charge in [0, 0.05) is 0 Å². The highest BCUT2D eigenvalue weighted by molar-refractivity contribution is 5.03. The second-order valence-electron chi connectivity index (χ2n) is 25.2. The smallest absolute Gasteiger partial charge is 0.187 e. The number of rotatable bonds is 25. The van der Waals surface area contributed by atoms with Crippen LogP contribution in [0.3, 0.4) is 0 Å². The fraction of sp³-hybridized carbons (Fsp3) is 1.00. The van der Waals surface area contributed by atoms with Crippen molar-refractivity contribution in [1.82, 2.24) is 0 Å². The van der Waals surface area contributed by atoms with Crippen molar-refractivity contribution in [2.24, 2.45) is 0 Å². The Bertz CT molecular complexity index is 2460. The summed E-state index contributed by atoms with van der Waals surface area (Å²) in [4.78, 5) is 0. The fourth-order valence-electron chi connectivity index (χ4n) is 12.8. The highest BCUT2D eigenvalue weighted by Crippen LogP contribution is 2.41. The van der Waals surface area contributed by atoms with E-state index in [-0.39, 0.29) is 0 Å². The molecule has 0 amide bonds. The van der Waals surface area contributed by atoms with E-state index in [1.54, 1.807) is 0 Å². The Hall–Kier alpha value is -1.84. The van der Waals surface area contributed by atoms with Crippen molar-refractivity contribution in [3.63, 3.8) is 0 Å². The van der Waals surface area contributed by atoms with Crippen molar-refractivity contribution in [2.45, 2.75) is 276 Å². The lowest BCUT2D eigenvalue weighted by Gasteiger charge is -2.51. The van der Waals surface area contributed by atoms with Crippen LogP contribution in [-0.4, -0.2) is 484 Å². The van der Waals surface area contributed by atoms with Crippen molar-refractivity contribution >= 4 is 0 Å². The summed E-state index contributed by atoms with van der Waals surface area (Å²) in [6, 6.07) is 0. The van der Waals surface area contributed by atoms with Crippen LogP contribution >= 0.6 is 0 Å². The molecule has 46 heteroatoms. The quantitative estimate of drug-likeness (QED) is 0.0404. The van der Waals surface area contributed by atoms with Crippen molar-refractivity contribution in [3.05, 3.63) is 0 Å². The van der Waals surface area contributed by atoms with Gasteiger partial charge < -0.3 is 229 Å². The lowest BCUT2D eigenvalue weighted by molar-refractivity contribution is -0.424. The number of hydrogen-bond acceptors (Lipinski definition) is 46. The standard InChI is InChI=1S/C54H92O46/c55-1-10-20(65)29(74)38(46(83)84-10)93-48-40(31(76)22(67)12(3-57)86-48)95-50-42(33(78)24(69)14(5-59)88-50)97-52-44(35(80)26(71)16(7-61)90-52)99-54-45(36(81)27(72)18(9-63)92-54)100-53-43(34(79)25(70)17(8-62)91-53)98-51-41(32(77)23(68)15(6-60)89-51)96-49-39(30(75)21(66)13(4-58)87-49)94-47-37(82)28(73)19(64)11(2-56)85-47/h10-83H,1-9H2/t10-,11-,12-,13-,14-,15-,16-,17-,18-,19-,20-,21-,22-,23-,24-,25-,26-,27-,28+,29+,30+,31+,32+,33+,34+,35+,36+,37+,38+,39+,40+,41+,42+,43+,44+,45+,46?,47-,48-,49-,50-,51-,52-,53-,54-/m1/s1. The predicted octanol–water partition coefficient (Wildman–Crippen LogP) is -20.6. The van der Waals surface area contributed by atoms with E-state index in [0.29, 0.717) is 0 Å². The Morgan fingerprint density at radius 1 is 0.150 bits per heavy atom. The van der Waals surface area contributed by atoms with Gasteiger partial charge in [0.05, 0.1) is 59.5 Å². The van der Waals surface area contributed by atoms with Gasteiger partial charge in [0.2, 0.25) is 0 Å². The maximum Gasteiger partial charge on any atom is 0.187 e. The van der Waals surface area contributed by atoms with Gasteiger partial charge in [0.25, 0.3) is 0 Å². The third kappa shape index (κ3) is 16.7. The summed E-state index contributed by atoms with van der Waals surface area (Å²) in [6.07, 6.45) is -98.0.